The molecule has 2 amide bonds. The highest BCUT2D eigenvalue weighted by atomic mass is 16.5. The highest BCUT2D eigenvalue weighted by molar-refractivity contribution is 6.00. The Morgan fingerprint density at radius 3 is 2.77 bits per heavy atom. The average molecular weight is 361 g/mol. The third-order valence-electron chi connectivity index (χ3n) is 4.67. The van der Waals surface area contributed by atoms with Crippen molar-refractivity contribution in [3.63, 3.8) is 0 Å². The lowest BCUT2D eigenvalue weighted by Gasteiger charge is -2.21. The summed E-state index contributed by atoms with van der Waals surface area (Å²) in [5.74, 6) is -0.730. The second kappa shape index (κ2) is 7.84. The Morgan fingerprint density at radius 1 is 1.23 bits per heavy atom. The normalized spacial score (nSPS) is 17.7. The number of carbonyl (C=O) groups is 2. The predicted octanol–water partition coefficient (Wildman–Crippen LogP) is 0.259. The quantitative estimate of drug-likeness (QED) is 0.544. The number of hydrogen-bond donors (Lipinski definition) is 2. The van der Waals surface area contributed by atoms with Crippen LogP contribution in [0.4, 0.5) is 0 Å². The first kappa shape index (κ1) is 18.3. The van der Waals surface area contributed by atoms with Gasteiger partial charge in [-0.2, -0.15) is 0 Å². The van der Waals surface area contributed by atoms with E-state index in [-0.39, 0.29) is 24.6 Å². The van der Waals surface area contributed by atoms with Crippen molar-refractivity contribution < 1.29 is 19.4 Å². The lowest BCUT2D eigenvalue weighted by Crippen LogP contribution is -2.44. The van der Waals surface area contributed by atoms with Crippen molar-refractivity contribution in [3.05, 3.63) is 34.2 Å². The maximum absolute atomic E-state index is 12.7. The largest absolute Gasteiger partial charge is 0.394 e. The van der Waals surface area contributed by atoms with E-state index < -0.39 is 11.9 Å². The molecule has 8 nitrogen and oxygen atoms in total. The number of nitrogens with one attached hydrogen (secondary N) is 1. The molecule has 140 valence electrons. The predicted molar refractivity (Wildman–Crippen MR) is 94.8 cm³/mol. The van der Waals surface area contributed by atoms with E-state index in [1.807, 2.05) is 18.2 Å². The number of aliphatic hydroxyl groups is 1. The molecular formula is C18H23N3O5. The first-order valence-corrected chi connectivity index (χ1v) is 8.75. The zero-order valence-electron chi connectivity index (χ0n) is 14.7. The van der Waals surface area contributed by atoms with Gasteiger partial charge in [-0.05, 0) is 37.0 Å². The molecule has 0 spiro atoms. The van der Waals surface area contributed by atoms with Gasteiger partial charge in [0.15, 0.2) is 0 Å². The zero-order valence-corrected chi connectivity index (χ0v) is 14.7. The smallest absolute Gasteiger partial charge is 0.329 e. The summed E-state index contributed by atoms with van der Waals surface area (Å²) in [6.45, 7) is 0.916. The van der Waals surface area contributed by atoms with Gasteiger partial charge < -0.3 is 9.84 Å². The number of nitrogens with zero attached hydrogens (tertiary/aromatic N) is 2. The van der Waals surface area contributed by atoms with Gasteiger partial charge in [-0.25, -0.2) is 4.79 Å². The third-order valence-corrected chi connectivity index (χ3v) is 4.67. The Balaban J connectivity index is 1.85. The summed E-state index contributed by atoms with van der Waals surface area (Å²) in [4.78, 5) is 36.2. The van der Waals surface area contributed by atoms with Gasteiger partial charge in [-0.3, -0.25) is 24.0 Å². The van der Waals surface area contributed by atoms with Crippen LogP contribution in [0, 0.1) is 0 Å². The summed E-state index contributed by atoms with van der Waals surface area (Å²) in [5.41, 5.74) is 2.25. The minimum atomic E-state index is -0.665. The van der Waals surface area contributed by atoms with E-state index in [1.165, 1.54) is 9.13 Å². The molecule has 26 heavy (non-hydrogen) atoms. The van der Waals surface area contributed by atoms with Crippen molar-refractivity contribution in [2.75, 3.05) is 19.8 Å². The van der Waals surface area contributed by atoms with Crippen LogP contribution in [-0.2, 0) is 27.8 Å². The Bertz CT molecular complexity index is 883. The molecule has 3 rings (SSSR count). The molecule has 1 aliphatic heterocycles. The zero-order chi connectivity index (χ0) is 18.7. The van der Waals surface area contributed by atoms with Gasteiger partial charge in [0.05, 0.1) is 24.2 Å². The number of benzene rings is 1. The number of imide groups is 1. The number of aromatic nitrogens is 2. The van der Waals surface area contributed by atoms with Crippen LogP contribution < -0.4 is 11.0 Å². The molecule has 1 saturated heterocycles. The molecule has 2 aromatic rings. The van der Waals surface area contributed by atoms with Crippen molar-refractivity contribution in [1.82, 2.24) is 14.5 Å². The molecule has 2 heterocycles. The SMILES string of the molecule is Cn1c(=O)n(C2CCC(=O)NC2=O)c2ccc(CCCOCCO)cc21. The van der Waals surface area contributed by atoms with Crippen LogP contribution in [0.3, 0.4) is 0 Å². The number of ether oxygens (including phenoxy) is 1. The first-order chi connectivity index (χ1) is 12.5. The molecule has 1 aromatic heterocycles. The van der Waals surface area contributed by atoms with Crippen molar-refractivity contribution in [2.24, 2.45) is 7.05 Å². The van der Waals surface area contributed by atoms with E-state index >= 15 is 0 Å². The summed E-state index contributed by atoms with van der Waals surface area (Å²) >= 11 is 0. The topological polar surface area (TPSA) is 103 Å². The highest BCUT2D eigenvalue weighted by Gasteiger charge is 2.31. The van der Waals surface area contributed by atoms with Crippen LogP contribution in [0.2, 0.25) is 0 Å². The standard InChI is InChI=1S/C18H23N3O5/c1-20-15-11-12(3-2-9-26-10-8-22)4-5-13(15)21(18(20)25)14-6-7-16(23)19-17(14)24/h4-5,11,14,22H,2-3,6-10H2,1H3,(H,19,23,24). The number of aryl methyl sites for hydroxylation is 2. The fourth-order valence-corrected chi connectivity index (χ4v) is 3.34. The number of aliphatic hydroxyl groups excluding tert-OH is 1. The summed E-state index contributed by atoms with van der Waals surface area (Å²) < 4.78 is 8.27. The molecule has 1 fully saturated rings. The van der Waals surface area contributed by atoms with E-state index in [4.69, 9.17) is 9.84 Å². The second-order valence-corrected chi connectivity index (χ2v) is 6.44. The van der Waals surface area contributed by atoms with Gasteiger partial charge in [0.25, 0.3) is 0 Å². The van der Waals surface area contributed by atoms with Crippen LogP contribution in [0.1, 0.15) is 30.9 Å². The molecule has 0 radical (unpaired) electrons. The Hall–Kier alpha value is -2.45. The van der Waals surface area contributed by atoms with Crippen LogP contribution in [0.5, 0.6) is 0 Å². The highest BCUT2D eigenvalue weighted by Crippen LogP contribution is 2.24. The molecule has 1 unspecified atom stereocenters. The Labute approximate surface area is 150 Å². The molecule has 8 heteroatoms. The lowest BCUT2D eigenvalue weighted by molar-refractivity contribution is -0.135. The summed E-state index contributed by atoms with van der Waals surface area (Å²) in [6.07, 6.45) is 2.16. The first-order valence-electron chi connectivity index (χ1n) is 8.75. The number of piperidine rings is 1. The number of amides is 2. The van der Waals surface area contributed by atoms with Crippen molar-refractivity contribution in [2.45, 2.75) is 31.7 Å². The van der Waals surface area contributed by atoms with E-state index in [0.717, 1.165) is 23.9 Å². The van der Waals surface area contributed by atoms with Crippen molar-refractivity contribution in [1.29, 1.82) is 0 Å². The van der Waals surface area contributed by atoms with Gasteiger partial charge in [0.2, 0.25) is 11.8 Å². The molecule has 2 N–H and O–H groups in total. The average Bonchev–Trinajstić information content (AvgIpc) is 2.86. The van der Waals surface area contributed by atoms with E-state index in [9.17, 15) is 14.4 Å². The summed E-state index contributed by atoms with van der Waals surface area (Å²) in [6, 6.07) is 5.08. The van der Waals surface area contributed by atoms with Crippen LogP contribution in [-0.4, -0.2) is 45.9 Å². The third kappa shape index (κ3) is 3.56. The minimum absolute atomic E-state index is 0.0158. The Kier molecular flexibility index (Phi) is 5.53. The Morgan fingerprint density at radius 2 is 2.04 bits per heavy atom. The van der Waals surface area contributed by atoms with Gasteiger partial charge in [-0.1, -0.05) is 6.07 Å². The van der Waals surface area contributed by atoms with Crippen molar-refractivity contribution in [3.8, 4) is 0 Å². The molecule has 0 bridgehead atoms. The number of rotatable bonds is 7. The fraction of sp³-hybridized carbons (Fsp3) is 0.500. The maximum Gasteiger partial charge on any atom is 0.329 e. The number of hydrogen-bond acceptors (Lipinski definition) is 5. The van der Waals surface area contributed by atoms with Crippen LogP contribution >= 0.6 is 0 Å². The molecule has 1 atom stereocenters. The van der Waals surface area contributed by atoms with Crippen LogP contribution in [0.15, 0.2) is 23.0 Å². The van der Waals surface area contributed by atoms with Gasteiger partial charge >= 0.3 is 5.69 Å². The molecule has 0 saturated carbocycles. The van der Waals surface area contributed by atoms with Gasteiger partial charge in [0, 0.05) is 20.1 Å². The van der Waals surface area contributed by atoms with Crippen LogP contribution in [0.25, 0.3) is 11.0 Å². The monoisotopic (exact) mass is 361 g/mol. The molecular weight excluding hydrogens is 338 g/mol. The molecule has 0 aliphatic carbocycles. The lowest BCUT2D eigenvalue weighted by atomic mass is 10.1. The summed E-state index contributed by atoms with van der Waals surface area (Å²) in [5, 5.41) is 11.0. The second-order valence-electron chi connectivity index (χ2n) is 6.44. The number of fused-ring (bicyclic) bond motifs is 1. The maximum atomic E-state index is 12.7. The van der Waals surface area contributed by atoms with Gasteiger partial charge in [0.1, 0.15) is 6.04 Å². The fourth-order valence-electron chi connectivity index (χ4n) is 3.34. The van der Waals surface area contributed by atoms with E-state index in [2.05, 4.69) is 5.32 Å². The summed E-state index contributed by atoms with van der Waals surface area (Å²) in [7, 11) is 1.68. The van der Waals surface area contributed by atoms with E-state index in [1.54, 1.807) is 7.05 Å². The van der Waals surface area contributed by atoms with Gasteiger partial charge in [-0.15, -0.1) is 0 Å². The minimum Gasteiger partial charge on any atom is -0.394 e. The molecule has 1 aromatic carbocycles. The number of carbonyl (C=O) groups excluding carboxylic acids is 2. The van der Waals surface area contributed by atoms with E-state index in [0.29, 0.717) is 25.2 Å². The number of imidazole rings is 1. The van der Waals surface area contributed by atoms with Crippen molar-refractivity contribution >= 4 is 22.8 Å². The molecule has 1 aliphatic rings.